The lowest BCUT2D eigenvalue weighted by Gasteiger charge is -2.11. The van der Waals surface area contributed by atoms with Gasteiger partial charge in [0.05, 0.1) is 17.2 Å². The van der Waals surface area contributed by atoms with Gasteiger partial charge in [0.2, 0.25) is 0 Å². The third-order valence-electron chi connectivity index (χ3n) is 2.84. The van der Waals surface area contributed by atoms with E-state index in [0.717, 1.165) is 28.5 Å². The van der Waals surface area contributed by atoms with Gasteiger partial charge < -0.3 is 5.32 Å². The maximum absolute atomic E-state index is 6.15. The maximum atomic E-state index is 6.15. The number of rotatable bonds is 4. The summed E-state index contributed by atoms with van der Waals surface area (Å²) in [7, 11) is 0. The van der Waals surface area contributed by atoms with Crippen LogP contribution in [0.15, 0.2) is 0 Å². The van der Waals surface area contributed by atoms with Gasteiger partial charge in [-0.3, -0.25) is 0 Å². The standard InChI is InChI=1S/C13H17ClN4S/c1-5-10-12(14)16-8(3)17-13(10)15-6-11-7(2)19-9(4)18-11/h5-6H2,1-4H3,(H,15,16,17). The van der Waals surface area contributed by atoms with Gasteiger partial charge in [-0.15, -0.1) is 11.3 Å². The van der Waals surface area contributed by atoms with Crippen molar-refractivity contribution in [2.75, 3.05) is 5.32 Å². The zero-order valence-corrected chi connectivity index (χ0v) is 13.1. The minimum absolute atomic E-state index is 0.531. The van der Waals surface area contributed by atoms with Crippen LogP contribution in [0, 0.1) is 20.8 Å². The highest BCUT2D eigenvalue weighted by atomic mass is 35.5. The maximum Gasteiger partial charge on any atom is 0.138 e. The first kappa shape index (κ1) is 14.2. The Kier molecular flexibility index (Phi) is 4.37. The summed E-state index contributed by atoms with van der Waals surface area (Å²) in [5.74, 6) is 1.49. The summed E-state index contributed by atoms with van der Waals surface area (Å²) in [4.78, 5) is 14.3. The van der Waals surface area contributed by atoms with Crippen molar-refractivity contribution in [3.05, 3.63) is 32.1 Å². The molecule has 0 radical (unpaired) electrons. The van der Waals surface area contributed by atoms with Crippen molar-refractivity contribution in [2.24, 2.45) is 0 Å². The van der Waals surface area contributed by atoms with E-state index >= 15 is 0 Å². The highest BCUT2D eigenvalue weighted by Crippen LogP contribution is 2.23. The minimum atomic E-state index is 0.531. The van der Waals surface area contributed by atoms with Gasteiger partial charge in [0.25, 0.3) is 0 Å². The molecule has 0 aliphatic rings. The van der Waals surface area contributed by atoms with E-state index < -0.39 is 0 Å². The lowest BCUT2D eigenvalue weighted by Crippen LogP contribution is -2.08. The molecule has 0 aliphatic carbocycles. The van der Waals surface area contributed by atoms with Crippen LogP contribution in [0.1, 0.15) is 33.9 Å². The number of hydrogen-bond donors (Lipinski definition) is 1. The van der Waals surface area contributed by atoms with Crippen molar-refractivity contribution in [1.29, 1.82) is 0 Å². The van der Waals surface area contributed by atoms with Gasteiger partial charge in [-0.1, -0.05) is 18.5 Å². The van der Waals surface area contributed by atoms with Crippen molar-refractivity contribution in [2.45, 2.75) is 40.7 Å². The van der Waals surface area contributed by atoms with E-state index in [1.54, 1.807) is 11.3 Å². The van der Waals surface area contributed by atoms with Crippen molar-refractivity contribution in [3.63, 3.8) is 0 Å². The summed E-state index contributed by atoms with van der Waals surface area (Å²) in [5, 5.41) is 4.94. The van der Waals surface area contributed by atoms with E-state index in [1.165, 1.54) is 4.88 Å². The zero-order chi connectivity index (χ0) is 14.0. The summed E-state index contributed by atoms with van der Waals surface area (Å²) in [5.41, 5.74) is 2.02. The highest BCUT2D eigenvalue weighted by molar-refractivity contribution is 7.11. The minimum Gasteiger partial charge on any atom is -0.364 e. The highest BCUT2D eigenvalue weighted by Gasteiger charge is 2.11. The zero-order valence-electron chi connectivity index (χ0n) is 11.5. The first-order chi connectivity index (χ1) is 9.01. The van der Waals surface area contributed by atoms with Crippen LogP contribution in [-0.4, -0.2) is 15.0 Å². The fourth-order valence-corrected chi connectivity index (χ4v) is 3.10. The van der Waals surface area contributed by atoms with Crippen LogP contribution in [0.3, 0.4) is 0 Å². The number of hydrogen-bond acceptors (Lipinski definition) is 5. The van der Waals surface area contributed by atoms with E-state index in [-0.39, 0.29) is 0 Å². The van der Waals surface area contributed by atoms with Crippen LogP contribution in [0.4, 0.5) is 5.82 Å². The molecule has 1 N–H and O–H groups in total. The third-order valence-corrected chi connectivity index (χ3v) is 4.09. The van der Waals surface area contributed by atoms with Crippen molar-refractivity contribution < 1.29 is 0 Å². The molecule has 0 bridgehead atoms. The smallest absolute Gasteiger partial charge is 0.138 e. The number of nitrogens with one attached hydrogen (secondary N) is 1. The average Bonchev–Trinajstić information content (AvgIpc) is 2.64. The topological polar surface area (TPSA) is 50.7 Å². The van der Waals surface area contributed by atoms with E-state index in [1.807, 2.05) is 20.8 Å². The first-order valence-electron chi connectivity index (χ1n) is 6.21. The van der Waals surface area contributed by atoms with Crippen LogP contribution in [0.5, 0.6) is 0 Å². The number of halogens is 1. The molecule has 0 unspecified atom stereocenters. The SMILES string of the molecule is CCc1c(Cl)nc(C)nc1NCc1nc(C)sc1C. The molecule has 2 rings (SSSR count). The summed E-state index contributed by atoms with van der Waals surface area (Å²) in [6.45, 7) is 8.65. The van der Waals surface area contributed by atoms with Crippen LogP contribution >= 0.6 is 22.9 Å². The number of aryl methyl sites for hydroxylation is 3. The van der Waals surface area contributed by atoms with Crippen LogP contribution < -0.4 is 5.32 Å². The van der Waals surface area contributed by atoms with Crippen molar-refractivity contribution in [3.8, 4) is 0 Å². The van der Waals surface area contributed by atoms with Crippen LogP contribution in [0.2, 0.25) is 5.15 Å². The summed E-state index contributed by atoms with van der Waals surface area (Å²) < 4.78 is 0. The molecule has 6 heteroatoms. The normalized spacial score (nSPS) is 10.8. The van der Waals surface area contributed by atoms with Gasteiger partial charge in [0.15, 0.2) is 0 Å². The summed E-state index contributed by atoms with van der Waals surface area (Å²) in [6.07, 6.45) is 0.802. The summed E-state index contributed by atoms with van der Waals surface area (Å²) >= 11 is 7.86. The molecule has 4 nitrogen and oxygen atoms in total. The molecule has 102 valence electrons. The second-order valence-electron chi connectivity index (χ2n) is 4.33. The Bertz CT molecular complexity index is 595. The van der Waals surface area contributed by atoms with Crippen LogP contribution in [-0.2, 0) is 13.0 Å². The largest absolute Gasteiger partial charge is 0.364 e. The molecule has 0 amide bonds. The van der Waals surface area contributed by atoms with E-state index in [2.05, 4.69) is 27.2 Å². The third kappa shape index (κ3) is 3.22. The molecular formula is C13H17ClN4S. The Morgan fingerprint density at radius 2 is 1.89 bits per heavy atom. The van der Waals surface area contributed by atoms with Crippen molar-refractivity contribution in [1.82, 2.24) is 15.0 Å². The lowest BCUT2D eigenvalue weighted by molar-refractivity contribution is 0.954. The van der Waals surface area contributed by atoms with Gasteiger partial charge >= 0.3 is 0 Å². The van der Waals surface area contributed by atoms with Crippen LogP contribution in [0.25, 0.3) is 0 Å². The quantitative estimate of drug-likeness (QED) is 0.874. The van der Waals surface area contributed by atoms with Gasteiger partial charge in [0.1, 0.15) is 16.8 Å². The Morgan fingerprint density at radius 1 is 1.16 bits per heavy atom. The predicted molar refractivity (Wildman–Crippen MR) is 80.1 cm³/mol. The van der Waals surface area contributed by atoms with E-state index in [4.69, 9.17) is 11.6 Å². The Labute approximate surface area is 122 Å². The first-order valence-corrected chi connectivity index (χ1v) is 7.40. The monoisotopic (exact) mass is 296 g/mol. The molecule has 0 aromatic carbocycles. The number of anilines is 1. The second kappa shape index (κ2) is 5.84. The Hall–Kier alpha value is -1.20. The molecule has 2 aromatic heterocycles. The number of nitrogens with zero attached hydrogens (tertiary/aromatic N) is 3. The molecule has 2 heterocycles. The Morgan fingerprint density at radius 3 is 2.47 bits per heavy atom. The molecule has 2 aromatic rings. The Balaban J connectivity index is 2.22. The molecule has 0 saturated heterocycles. The predicted octanol–water partition coefficient (Wildman–Crippen LogP) is 3.69. The molecule has 0 saturated carbocycles. The lowest BCUT2D eigenvalue weighted by atomic mass is 10.2. The van der Waals surface area contributed by atoms with Gasteiger partial charge in [-0.05, 0) is 27.2 Å². The number of thiazole rings is 1. The fourth-order valence-electron chi connectivity index (χ4n) is 1.92. The second-order valence-corrected chi connectivity index (χ2v) is 6.10. The van der Waals surface area contributed by atoms with Gasteiger partial charge in [0, 0.05) is 10.4 Å². The van der Waals surface area contributed by atoms with Gasteiger partial charge in [-0.25, -0.2) is 15.0 Å². The molecule has 19 heavy (non-hydrogen) atoms. The molecular weight excluding hydrogens is 280 g/mol. The average molecular weight is 297 g/mol. The molecule has 0 atom stereocenters. The fraction of sp³-hybridized carbons (Fsp3) is 0.462. The molecule has 0 fully saturated rings. The number of aromatic nitrogens is 3. The van der Waals surface area contributed by atoms with E-state index in [9.17, 15) is 0 Å². The van der Waals surface area contributed by atoms with Crippen molar-refractivity contribution >= 4 is 28.8 Å². The summed E-state index contributed by atoms with van der Waals surface area (Å²) in [6, 6.07) is 0. The van der Waals surface area contributed by atoms with Gasteiger partial charge in [-0.2, -0.15) is 0 Å². The van der Waals surface area contributed by atoms with E-state index in [0.29, 0.717) is 17.5 Å². The molecule has 0 spiro atoms. The molecule has 0 aliphatic heterocycles.